The number of anilines is 1. The van der Waals surface area contributed by atoms with Crippen LogP contribution in [0.2, 0.25) is 15.3 Å². The average Bonchev–Trinajstić information content (AvgIpc) is 2.43. The molecule has 1 aromatic carbocycles. The van der Waals surface area contributed by atoms with Gasteiger partial charge in [-0.1, -0.05) is 40.9 Å². The minimum Gasteiger partial charge on any atom is -0.481 e. The third-order valence-corrected chi connectivity index (χ3v) is 3.29. The lowest BCUT2D eigenvalue weighted by Gasteiger charge is -2.15. The number of carbonyl (C=O) groups excluding carboxylic acids is 1. The molecule has 0 radical (unpaired) electrons. The van der Waals surface area contributed by atoms with Crippen molar-refractivity contribution in [3.63, 3.8) is 0 Å². The zero-order chi connectivity index (χ0) is 15.4. The molecule has 8 heteroatoms. The fourth-order valence-electron chi connectivity index (χ4n) is 1.47. The van der Waals surface area contributed by atoms with E-state index < -0.39 is 12.0 Å². The zero-order valence-electron chi connectivity index (χ0n) is 10.8. The van der Waals surface area contributed by atoms with Crippen LogP contribution in [0, 0.1) is 0 Å². The summed E-state index contributed by atoms with van der Waals surface area (Å²) in [6.45, 7) is 1.59. The summed E-state index contributed by atoms with van der Waals surface area (Å²) >= 11 is 17.5. The molecule has 0 saturated heterocycles. The van der Waals surface area contributed by atoms with Crippen LogP contribution in [0.5, 0.6) is 5.75 Å². The molecule has 2 rings (SSSR count). The Labute approximate surface area is 136 Å². The normalized spacial score (nSPS) is 11.8. The Balaban J connectivity index is 2.06. The number of benzene rings is 1. The quantitative estimate of drug-likeness (QED) is 0.854. The fourth-order valence-corrected chi connectivity index (χ4v) is 2.06. The summed E-state index contributed by atoms with van der Waals surface area (Å²) in [4.78, 5) is 19.6. The van der Waals surface area contributed by atoms with E-state index in [0.29, 0.717) is 10.8 Å². The minimum absolute atomic E-state index is 0.0540. The van der Waals surface area contributed by atoms with Gasteiger partial charge in [-0.15, -0.1) is 0 Å². The SMILES string of the molecule is CC(Oc1cccc(Cl)c1)C(=O)Nc1c(Cl)ncnc1Cl. The van der Waals surface area contributed by atoms with Crippen molar-refractivity contribution in [1.82, 2.24) is 9.97 Å². The van der Waals surface area contributed by atoms with Crippen molar-refractivity contribution >= 4 is 46.4 Å². The number of ether oxygens (including phenoxy) is 1. The first-order valence-corrected chi connectivity index (χ1v) is 7.00. The maximum absolute atomic E-state index is 12.1. The third-order valence-electron chi connectivity index (χ3n) is 2.48. The number of nitrogens with one attached hydrogen (secondary N) is 1. The van der Waals surface area contributed by atoms with E-state index in [0.717, 1.165) is 0 Å². The number of carbonyl (C=O) groups is 1. The van der Waals surface area contributed by atoms with E-state index in [2.05, 4.69) is 15.3 Å². The molecule has 1 heterocycles. The Kier molecular flexibility index (Phi) is 5.22. The maximum atomic E-state index is 12.1. The number of hydrogen-bond donors (Lipinski definition) is 1. The monoisotopic (exact) mass is 345 g/mol. The molecule has 1 aromatic heterocycles. The fraction of sp³-hybridized carbons (Fsp3) is 0.154. The lowest BCUT2D eigenvalue weighted by molar-refractivity contribution is -0.122. The van der Waals surface area contributed by atoms with Crippen LogP contribution >= 0.6 is 34.8 Å². The Morgan fingerprint density at radius 2 is 1.90 bits per heavy atom. The van der Waals surface area contributed by atoms with Gasteiger partial charge in [-0.3, -0.25) is 4.79 Å². The van der Waals surface area contributed by atoms with Crippen LogP contribution in [-0.4, -0.2) is 22.0 Å². The molecule has 110 valence electrons. The number of nitrogens with zero attached hydrogens (tertiary/aromatic N) is 2. The highest BCUT2D eigenvalue weighted by Gasteiger charge is 2.18. The van der Waals surface area contributed by atoms with Gasteiger partial charge in [0.05, 0.1) is 0 Å². The van der Waals surface area contributed by atoms with Crippen LogP contribution in [0.3, 0.4) is 0 Å². The number of hydrogen-bond acceptors (Lipinski definition) is 4. The van der Waals surface area contributed by atoms with Gasteiger partial charge in [0.15, 0.2) is 16.4 Å². The van der Waals surface area contributed by atoms with E-state index in [-0.39, 0.29) is 16.0 Å². The molecule has 0 saturated carbocycles. The van der Waals surface area contributed by atoms with Crippen LogP contribution in [-0.2, 0) is 4.79 Å². The molecule has 0 spiro atoms. The number of halogens is 3. The molecule has 1 unspecified atom stereocenters. The topological polar surface area (TPSA) is 64.1 Å². The van der Waals surface area contributed by atoms with Gasteiger partial charge in [0.1, 0.15) is 17.8 Å². The molecule has 0 aliphatic rings. The first-order valence-electron chi connectivity index (χ1n) is 5.86. The highest BCUT2D eigenvalue weighted by molar-refractivity contribution is 6.38. The third kappa shape index (κ3) is 4.20. The van der Waals surface area contributed by atoms with Crippen molar-refractivity contribution in [3.05, 3.63) is 45.9 Å². The van der Waals surface area contributed by atoms with Crippen molar-refractivity contribution < 1.29 is 9.53 Å². The van der Waals surface area contributed by atoms with Gasteiger partial charge in [0.25, 0.3) is 5.91 Å². The summed E-state index contributed by atoms with van der Waals surface area (Å²) in [7, 11) is 0. The number of rotatable bonds is 4. The standard InChI is InChI=1S/C13H10Cl3N3O2/c1-7(21-9-4-2-3-8(14)5-9)13(20)19-10-11(15)17-6-18-12(10)16/h2-7H,1H3,(H,19,20). The lowest BCUT2D eigenvalue weighted by atomic mass is 10.3. The van der Waals surface area contributed by atoms with Crippen molar-refractivity contribution in [1.29, 1.82) is 0 Å². The second-order valence-corrected chi connectivity index (χ2v) is 5.19. The lowest BCUT2D eigenvalue weighted by Crippen LogP contribution is -2.30. The van der Waals surface area contributed by atoms with Gasteiger partial charge >= 0.3 is 0 Å². The van der Waals surface area contributed by atoms with Gasteiger partial charge in [-0.25, -0.2) is 9.97 Å². The molecule has 21 heavy (non-hydrogen) atoms. The summed E-state index contributed by atoms with van der Waals surface area (Å²) in [5.74, 6) is 0.0419. The van der Waals surface area contributed by atoms with E-state index >= 15 is 0 Å². The molecule has 2 aromatic rings. The maximum Gasteiger partial charge on any atom is 0.265 e. The first kappa shape index (κ1) is 15.8. The molecule has 1 N–H and O–H groups in total. The molecular formula is C13H10Cl3N3O2. The molecule has 1 atom stereocenters. The summed E-state index contributed by atoms with van der Waals surface area (Å²) in [5.41, 5.74) is 0.146. The van der Waals surface area contributed by atoms with Crippen LogP contribution in [0.1, 0.15) is 6.92 Å². The molecule has 1 amide bonds. The van der Waals surface area contributed by atoms with Crippen molar-refractivity contribution in [2.75, 3.05) is 5.32 Å². The van der Waals surface area contributed by atoms with Gasteiger partial charge in [0.2, 0.25) is 0 Å². The number of amides is 1. The summed E-state index contributed by atoms with van der Waals surface area (Å²) in [6.07, 6.45) is 0.419. The summed E-state index contributed by atoms with van der Waals surface area (Å²) in [5, 5.41) is 3.15. The van der Waals surface area contributed by atoms with E-state index in [4.69, 9.17) is 39.5 Å². The minimum atomic E-state index is -0.782. The summed E-state index contributed by atoms with van der Waals surface area (Å²) in [6, 6.07) is 6.74. The predicted molar refractivity (Wildman–Crippen MR) is 82.2 cm³/mol. The Bertz CT molecular complexity index is 647. The van der Waals surface area contributed by atoms with Crippen LogP contribution in [0.15, 0.2) is 30.6 Å². The van der Waals surface area contributed by atoms with Crippen molar-refractivity contribution in [2.24, 2.45) is 0 Å². The molecule has 0 aliphatic carbocycles. The van der Waals surface area contributed by atoms with Crippen LogP contribution in [0.25, 0.3) is 0 Å². The van der Waals surface area contributed by atoms with E-state index in [9.17, 15) is 4.79 Å². The van der Waals surface area contributed by atoms with E-state index in [1.165, 1.54) is 6.33 Å². The second kappa shape index (κ2) is 6.93. The van der Waals surface area contributed by atoms with Crippen molar-refractivity contribution in [2.45, 2.75) is 13.0 Å². The second-order valence-electron chi connectivity index (χ2n) is 4.04. The van der Waals surface area contributed by atoms with Gasteiger partial charge in [0, 0.05) is 5.02 Å². The largest absolute Gasteiger partial charge is 0.481 e. The van der Waals surface area contributed by atoms with Crippen LogP contribution < -0.4 is 10.1 Å². The first-order chi connectivity index (χ1) is 9.97. The van der Waals surface area contributed by atoms with Gasteiger partial charge < -0.3 is 10.1 Å². The average molecular weight is 347 g/mol. The van der Waals surface area contributed by atoms with Crippen LogP contribution in [0.4, 0.5) is 5.69 Å². The van der Waals surface area contributed by atoms with Crippen molar-refractivity contribution in [3.8, 4) is 5.75 Å². The molecular weight excluding hydrogens is 337 g/mol. The Hall–Kier alpha value is -1.56. The summed E-state index contributed by atoms with van der Waals surface area (Å²) < 4.78 is 5.49. The highest BCUT2D eigenvalue weighted by atomic mass is 35.5. The van der Waals surface area contributed by atoms with E-state index in [1.54, 1.807) is 31.2 Å². The van der Waals surface area contributed by atoms with Gasteiger partial charge in [-0.05, 0) is 25.1 Å². The zero-order valence-corrected chi connectivity index (χ0v) is 13.1. The van der Waals surface area contributed by atoms with E-state index in [1.807, 2.05) is 0 Å². The predicted octanol–water partition coefficient (Wildman–Crippen LogP) is 3.84. The van der Waals surface area contributed by atoms with Gasteiger partial charge in [-0.2, -0.15) is 0 Å². The smallest absolute Gasteiger partial charge is 0.265 e. The Morgan fingerprint density at radius 1 is 1.24 bits per heavy atom. The number of aromatic nitrogens is 2. The molecule has 0 bridgehead atoms. The molecule has 5 nitrogen and oxygen atoms in total. The molecule has 0 fully saturated rings. The Morgan fingerprint density at radius 3 is 2.52 bits per heavy atom. The molecule has 0 aliphatic heterocycles. The highest BCUT2D eigenvalue weighted by Crippen LogP contribution is 2.26.